The van der Waals surface area contributed by atoms with Gasteiger partial charge in [-0.05, 0) is 53.7 Å². The molecule has 0 aliphatic carbocycles. The van der Waals surface area contributed by atoms with Crippen LogP contribution in [-0.4, -0.2) is 63.9 Å². The van der Waals surface area contributed by atoms with Crippen molar-refractivity contribution >= 4 is 37.0 Å². The molecule has 1 saturated heterocycles. The van der Waals surface area contributed by atoms with Gasteiger partial charge < -0.3 is 25.1 Å². The Morgan fingerprint density at radius 1 is 1.21 bits per heavy atom. The number of nitrogens with two attached hydrogens (primary N) is 1. The number of carbonyl (C=O) groups excluding carboxylic acids is 2. The Balaban J connectivity index is 2.31. The number of ether oxygens (including phenoxy) is 3. The van der Waals surface area contributed by atoms with Crippen molar-refractivity contribution in [2.45, 2.75) is 65.6 Å². The van der Waals surface area contributed by atoms with E-state index in [0.29, 0.717) is 0 Å². The van der Waals surface area contributed by atoms with E-state index in [1.165, 1.54) is 6.07 Å². The van der Waals surface area contributed by atoms with Gasteiger partial charge in [0.1, 0.15) is 17.5 Å². The van der Waals surface area contributed by atoms with Crippen LogP contribution in [0.2, 0.25) is 0 Å². The van der Waals surface area contributed by atoms with E-state index in [4.69, 9.17) is 40.6 Å². The molecule has 1 fully saturated rings. The zero-order chi connectivity index (χ0) is 29.8. The molecule has 2 rings (SSSR count). The van der Waals surface area contributed by atoms with E-state index < -0.39 is 79.6 Å². The van der Waals surface area contributed by atoms with Gasteiger partial charge in [-0.3, -0.25) is 27.8 Å². The first kappa shape index (κ1) is 32.9. The summed E-state index contributed by atoms with van der Waals surface area (Å²) >= 11 is 6.03. The highest BCUT2D eigenvalue weighted by atomic mass is 35.5. The van der Waals surface area contributed by atoms with E-state index in [2.05, 4.69) is 4.98 Å². The van der Waals surface area contributed by atoms with Crippen LogP contribution in [0, 0.1) is 10.8 Å². The largest absolute Gasteiger partial charge is 0.438 e. The number of hydrogen-bond acceptors (Lipinski definition) is 12. The van der Waals surface area contributed by atoms with E-state index in [0.717, 1.165) is 22.7 Å². The van der Waals surface area contributed by atoms with Crippen LogP contribution in [0.3, 0.4) is 0 Å². The van der Waals surface area contributed by atoms with E-state index in [9.17, 15) is 24.1 Å². The van der Waals surface area contributed by atoms with Crippen molar-refractivity contribution in [2.75, 3.05) is 25.2 Å². The lowest BCUT2D eigenvalue weighted by molar-refractivity contribution is -0.161. The molecule has 0 bridgehead atoms. The molecule has 1 aliphatic rings. The third-order valence-electron chi connectivity index (χ3n) is 5.36. The average Bonchev–Trinajstić information content (AvgIpc) is 3.07. The highest BCUT2D eigenvalue weighted by Crippen LogP contribution is 2.52. The molecule has 1 aliphatic heterocycles. The van der Waals surface area contributed by atoms with Gasteiger partial charge >= 0.3 is 25.2 Å². The van der Waals surface area contributed by atoms with Gasteiger partial charge in [0.2, 0.25) is 13.6 Å². The van der Waals surface area contributed by atoms with E-state index >= 15 is 4.39 Å². The minimum absolute atomic E-state index is 0.108. The number of aliphatic hydroxyl groups excluding tert-OH is 1. The number of anilines is 1. The predicted octanol–water partition coefficient (Wildman–Crippen LogP) is 2.86. The normalized spacial score (nSPS) is 24.2. The first-order valence-corrected chi connectivity index (χ1v) is 13.8. The lowest BCUT2D eigenvalue weighted by Gasteiger charge is -2.27. The highest BCUT2D eigenvalue weighted by Gasteiger charge is 2.55. The van der Waals surface area contributed by atoms with Crippen LogP contribution >= 0.6 is 19.2 Å². The molecular weight excluding hydrogens is 564 g/mol. The second-order valence-electron chi connectivity index (χ2n) is 10.7. The van der Waals surface area contributed by atoms with Crippen LogP contribution in [0.25, 0.3) is 0 Å². The number of halogens is 2. The summed E-state index contributed by atoms with van der Waals surface area (Å²) in [6.45, 7) is 7.90. The molecule has 1 aromatic heterocycles. The van der Waals surface area contributed by atoms with E-state index in [1.807, 2.05) is 0 Å². The van der Waals surface area contributed by atoms with Crippen LogP contribution in [0.4, 0.5) is 10.2 Å². The number of rotatable bonds is 10. The molecule has 1 aromatic rings. The molecule has 0 saturated carbocycles. The molecule has 220 valence electrons. The quantitative estimate of drug-likeness (QED) is 0.175. The summed E-state index contributed by atoms with van der Waals surface area (Å²) in [6, 6.07) is 1.23. The van der Waals surface area contributed by atoms with Gasteiger partial charge in [0, 0.05) is 12.0 Å². The molecule has 0 amide bonds. The monoisotopic (exact) mass is 597 g/mol. The second kappa shape index (κ2) is 12.4. The minimum atomic E-state index is -4.40. The molecule has 13 nitrogen and oxygen atoms in total. The standard InChI is InChI=1S/C23H34ClFN3O10P/c1-21(2,3)18(30)34-12-36-39(33,37-13-35-19(31)22(4,5)6)10-8-23(11-24)16(29)15(25)17(38-23)28-9-7-14(26)27-20(28)32/h7-10,15-17,29H,11-13H2,1-6H3,(H2,26,27,32)/t15-,16+,17-,23+/m1/s1. The van der Waals surface area contributed by atoms with E-state index in [1.54, 1.807) is 41.5 Å². The number of aromatic nitrogens is 2. The topological polar surface area (TPSA) is 178 Å². The highest BCUT2D eigenvalue weighted by molar-refractivity contribution is 7.57. The first-order chi connectivity index (χ1) is 17.8. The summed E-state index contributed by atoms with van der Waals surface area (Å²) in [5.41, 5.74) is 0.725. The van der Waals surface area contributed by atoms with E-state index in [-0.39, 0.29) is 5.82 Å². The zero-order valence-electron chi connectivity index (χ0n) is 22.5. The number of alkyl halides is 2. The molecule has 4 atom stereocenters. The van der Waals surface area contributed by atoms with Crippen molar-refractivity contribution in [2.24, 2.45) is 10.8 Å². The van der Waals surface area contributed by atoms with Gasteiger partial charge in [-0.1, -0.05) is 0 Å². The summed E-state index contributed by atoms with van der Waals surface area (Å²) in [7, 11) is -4.40. The Bertz CT molecular complexity index is 1150. The molecule has 39 heavy (non-hydrogen) atoms. The predicted molar refractivity (Wildman–Crippen MR) is 137 cm³/mol. The Hall–Kier alpha value is -2.35. The fourth-order valence-corrected chi connectivity index (χ4v) is 4.38. The minimum Gasteiger partial charge on any atom is -0.438 e. The number of carbonyl (C=O) groups is 2. The maximum Gasteiger partial charge on any atom is 0.359 e. The smallest absolute Gasteiger partial charge is 0.359 e. The number of aliphatic hydroxyl groups is 1. The van der Waals surface area contributed by atoms with Crippen LogP contribution < -0.4 is 11.4 Å². The Kier molecular flexibility index (Phi) is 10.5. The van der Waals surface area contributed by atoms with Crippen LogP contribution in [0.5, 0.6) is 0 Å². The fraction of sp³-hybridized carbons (Fsp3) is 0.652. The summed E-state index contributed by atoms with van der Waals surface area (Å²) < 4.78 is 55.3. The second-order valence-corrected chi connectivity index (χ2v) is 12.9. The van der Waals surface area contributed by atoms with Gasteiger partial charge in [0.05, 0.1) is 16.7 Å². The zero-order valence-corrected chi connectivity index (χ0v) is 24.1. The molecule has 0 spiro atoms. The average molecular weight is 598 g/mol. The number of hydrogen-bond donors (Lipinski definition) is 2. The first-order valence-electron chi connectivity index (χ1n) is 11.7. The van der Waals surface area contributed by atoms with Gasteiger partial charge in [-0.2, -0.15) is 4.98 Å². The Morgan fingerprint density at radius 2 is 1.72 bits per heavy atom. The van der Waals surface area contributed by atoms with Crippen LogP contribution in [0.15, 0.2) is 29.0 Å². The maximum atomic E-state index is 15.1. The molecule has 2 heterocycles. The SMILES string of the molecule is CC(C)(C)C(=O)OCOP(=O)(C=C[C@@]1(CCl)O[C@@H](n2ccc(N)nc2=O)[C@H](F)[C@@H]1O)OCOC(=O)C(C)(C)C. The molecule has 0 unspecified atom stereocenters. The van der Waals surface area contributed by atoms with Crippen molar-refractivity contribution in [1.82, 2.24) is 9.55 Å². The van der Waals surface area contributed by atoms with Crippen LogP contribution in [-0.2, 0) is 37.4 Å². The van der Waals surface area contributed by atoms with Crippen molar-refractivity contribution < 1.29 is 46.9 Å². The van der Waals surface area contributed by atoms with Crippen molar-refractivity contribution in [3.63, 3.8) is 0 Å². The Labute approximate surface area is 229 Å². The number of esters is 2. The summed E-state index contributed by atoms with van der Waals surface area (Å²) in [6.07, 6.45) is -3.69. The maximum absolute atomic E-state index is 15.1. The lowest BCUT2D eigenvalue weighted by Crippen LogP contribution is -2.42. The summed E-state index contributed by atoms with van der Waals surface area (Å²) in [4.78, 5) is 39.8. The van der Waals surface area contributed by atoms with Gasteiger partial charge in [0.15, 0.2) is 12.4 Å². The molecule has 0 radical (unpaired) electrons. The fourth-order valence-electron chi connectivity index (χ4n) is 2.99. The number of nitrogen functional groups attached to an aromatic ring is 1. The number of nitrogens with zero attached hydrogens (tertiary/aromatic N) is 2. The molecule has 16 heteroatoms. The summed E-state index contributed by atoms with van der Waals surface area (Å²) in [5.74, 6) is -1.21. The lowest BCUT2D eigenvalue weighted by atomic mass is 9.98. The van der Waals surface area contributed by atoms with Crippen molar-refractivity contribution in [3.05, 3.63) is 34.6 Å². The van der Waals surface area contributed by atoms with Gasteiger partial charge in [-0.25, -0.2) is 9.18 Å². The van der Waals surface area contributed by atoms with Gasteiger partial charge in [-0.15, -0.1) is 11.6 Å². The molecular formula is C23H34ClFN3O10P. The van der Waals surface area contributed by atoms with Crippen molar-refractivity contribution in [1.29, 1.82) is 0 Å². The molecule has 0 aromatic carbocycles. The third kappa shape index (κ3) is 8.32. The third-order valence-corrected chi connectivity index (χ3v) is 7.22. The van der Waals surface area contributed by atoms with Gasteiger partial charge in [0.25, 0.3) is 0 Å². The van der Waals surface area contributed by atoms with Crippen LogP contribution in [0.1, 0.15) is 47.8 Å². The molecule has 3 N–H and O–H groups in total. The summed E-state index contributed by atoms with van der Waals surface area (Å²) in [5, 5.41) is 10.7. The van der Waals surface area contributed by atoms with Crippen molar-refractivity contribution in [3.8, 4) is 0 Å². The Morgan fingerprint density at radius 3 is 2.15 bits per heavy atom.